The van der Waals surface area contributed by atoms with Crippen LogP contribution in [0.4, 0.5) is 4.39 Å². The van der Waals surface area contributed by atoms with Crippen LogP contribution in [0.1, 0.15) is 12.5 Å². The average molecular weight is 384 g/mol. The van der Waals surface area contributed by atoms with Crippen LogP contribution in [0, 0.1) is 0 Å². The van der Waals surface area contributed by atoms with E-state index in [4.69, 9.17) is 17.3 Å². The van der Waals surface area contributed by atoms with E-state index in [9.17, 15) is 4.39 Å². The molecule has 5 nitrogen and oxygen atoms in total. The van der Waals surface area contributed by atoms with E-state index >= 15 is 0 Å². The van der Waals surface area contributed by atoms with Gasteiger partial charge in [-0.2, -0.15) is 4.39 Å². The van der Waals surface area contributed by atoms with Crippen molar-refractivity contribution in [3.05, 3.63) is 75.8 Å². The van der Waals surface area contributed by atoms with Gasteiger partial charge in [-0.3, -0.25) is 4.99 Å². The fourth-order valence-corrected chi connectivity index (χ4v) is 2.82. The van der Waals surface area contributed by atoms with Gasteiger partial charge in [0.1, 0.15) is 11.5 Å². The summed E-state index contributed by atoms with van der Waals surface area (Å²) in [5, 5.41) is 4.87. The molecule has 27 heavy (non-hydrogen) atoms. The number of allylic oxidation sites excluding steroid dienone is 3. The van der Waals surface area contributed by atoms with Gasteiger partial charge in [-0.25, -0.2) is 4.98 Å². The Balaban J connectivity index is 1.79. The Morgan fingerprint density at radius 2 is 2.30 bits per heavy atom. The molecule has 7 heteroatoms. The summed E-state index contributed by atoms with van der Waals surface area (Å²) in [6.07, 6.45) is 8.89. The first kappa shape index (κ1) is 18.7. The highest BCUT2D eigenvalue weighted by atomic mass is 35.5. The number of nitrogens with one attached hydrogen (secondary N) is 2. The summed E-state index contributed by atoms with van der Waals surface area (Å²) in [5.41, 5.74) is 14.6. The molecule has 0 aromatic carbocycles. The summed E-state index contributed by atoms with van der Waals surface area (Å²) in [5.74, 6) is -0.0713. The molecule has 2 heterocycles. The van der Waals surface area contributed by atoms with Gasteiger partial charge in [0.25, 0.3) is 0 Å². The first-order valence-electron chi connectivity index (χ1n) is 8.49. The summed E-state index contributed by atoms with van der Waals surface area (Å²) in [6, 6.07) is 1.89. The minimum Gasteiger partial charge on any atom is -0.388 e. The number of fused-ring (bicyclic) bond motifs is 1. The van der Waals surface area contributed by atoms with Crippen molar-refractivity contribution in [1.82, 2.24) is 15.3 Å². The van der Waals surface area contributed by atoms with Gasteiger partial charge < -0.3 is 16.0 Å². The summed E-state index contributed by atoms with van der Waals surface area (Å²) in [6.45, 7) is 3.07. The molecular formula is C20H19ClFN5. The van der Waals surface area contributed by atoms with E-state index in [2.05, 4.69) is 31.7 Å². The van der Waals surface area contributed by atoms with Crippen molar-refractivity contribution in [2.45, 2.75) is 13.3 Å². The highest BCUT2D eigenvalue weighted by Crippen LogP contribution is 2.22. The maximum absolute atomic E-state index is 12.9. The number of pyridine rings is 1. The number of hydrogen-bond acceptors (Lipinski definition) is 3. The number of hydrogen-bond donors (Lipinski definition) is 3. The molecule has 1 aliphatic rings. The summed E-state index contributed by atoms with van der Waals surface area (Å²) < 4.78 is 12.9. The predicted molar refractivity (Wildman–Crippen MR) is 107 cm³/mol. The molecule has 0 amide bonds. The molecule has 2 aromatic rings. The van der Waals surface area contributed by atoms with Crippen LogP contribution in [0.2, 0.25) is 5.02 Å². The molecular weight excluding hydrogens is 365 g/mol. The monoisotopic (exact) mass is 383 g/mol. The van der Waals surface area contributed by atoms with Gasteiger partial charge in [-0.05, 0) is 42.5 Å². The second-order valence-electron chi connectivity index (χ2n) is 5.94. The van der Waals surface area contributed by atoms with Crippen molar-refractivity contribution in [2.24, 2.45) is 10.7 Å². The molecule has 4 N–H and O–H groups in total. The molecule has 0 atom stereocenters. The van der Waals surface area contributed by atoms with E-state index in [1.165, 1.54) is 6.08 Å². The standard InChI is InChI=1S/C20H19ClFN5/c1-2-24-17(7-14-11-26-20-18(14)8-15(21)12-27-20)9-19(23)25-10-13-3-5-16(22)6-4-13/h3,5,8-9,11-12,24H,2,7,10H2,1H3,(H2,23,25)(H,26,27)/b17-9-. The van der Waals surface area contributed by atoms with Crippen LogP contribution in [0.3, 0.4) is 0 Å². The van der Waals surface area contributed by atoms with E-state index in [1.54, 1.807) is 18.3 Å². The van der Waals surface area contributed by atoms with Gasteiger partial charge >= 0.3 is 0 Å². The van der Waals surface area contributed by atoms with Crippen LogP contribution in [0.25, 0.3) is 11.0 Å². The maximum atomic E-state index is 12.9. The van der Waals surface area contributed by atoms with Crippen LogP contribution in [-0.2, 0) is 6.42 Å². The van der Waals surface area contributed by atoms with Crippen molar-refractivity contribution in [1.29, 1.82) is 0 Å². The summed E-state index contributed by atoms with van der Waals surface area (Å²) in [4.78, 5) is 11.7. The first-order valence-corrected chi connectivity index (χ1v) is 8.87. The summed E-state index contributed by atoms with van der Waals surface area (Å²) >= 11 is 6.06. The lowest BCUT2D eigenvalue weighted by Gasteiger charge is -2.09. The number of nitrogens with two attached hydrogens (primary N) is 1. The Labute approximate surface area is 161 Å². The van der Waals surface area contributed by atoms with Crippen LogP contribution in [0.5, 0.6) is 0 Å². The molecule has 2 aromatic heterocycles. The average Bonchev–Trinajstić information content (AvgIpc) is 3.03. The number of likely N-dealkylation sites (N-methyl/N-ethyl adjacent to an activating group) is 1. The van der Waals surface area contributed by atoms with Gasteiger partial charge in [0.2, 0.25) is 0 Å². The van der Waals surface area contributed by atoms with Crippen LogP contribution < -0.4 is 11.1 Å². The third kappa shape index (κ3) is 4.99. The molecule has 0 spiro atoms. The first-order chi connectivity index (χ1) is 13.0. The minimum absolute atomic E-state index is 0.311. The normalized spacial score (nSPS) is 14.5. The molecule has 0 bridgehead atoms. The molecule has 3 rings (SSSR count). The number of H-pyrrole nitrogens is 1. The number of aromatic amines is 1. The third-order valence-corrected chi connectivity index (χ3v) is 4.10. The van der Waals surface area contributed by atoms with E-state index < -0.39 is 5.83 Å². The number of nitrogens with zero attached hydrogens (tertiary/aromatic N) is 2. The van der Waals surface area contributed by atoms with Gasteiger partial charge in [0.05, 0.1) is 11.6 Å². The van der Waals surface area contributed by atoms with Crippen molar-refractivity contribution in [2.75, 3.05) is 13.1 Å². The smallest absolute Gasteiger partial charge is 0.173 e. The zero-order valence-electron chi connectivity index (χ0n) is 14.8. The molecule has 0 saturated heterocycles. The lowest BCUT2D eigenvalue weighted by Crippen LogP contribution is -2.19. The molecule has 0 aliphatic heterocycles. The Morgan fingerprint density at radius 1 is 1.44 bits per heavy atom. The van der Waals surface area contributed by atoms with Crippen LogP contribution >= 0.6 is 11.6 Å². The SMILES string of the molecule is CCN/C(=C\C(N)=NCC1=C=C=C(F)C=C1)Cc1c[nH]c2ncc(Cl)cc12. The summed E-state index contributed by atoms with van der Waals surface area (Å²) in [7, 11) is 0. The van der Waals surface area contributed by atoms with Crippen molar-refractivity contribution < 1.29 is 4.39 Å². The number of halogens is 2. The minimum atomic E-state index is -0.446. The fourth-order valence-electron chi connectivity index (χ4n) is 2.67. The lowest BCUT2D eigenvalue weighted by molar-refractivity contribution is 0.668. The predicted octanol–water partition coefficient (Wildman–Crippen LogP) is 3.71. The molecule has 0 saturated carbocycles. The molecule has 1 aliphatic carbocycles. The lowest BCUT2D eigenvalue weighted by atomic mass is 10.1. The Bertz CT molecular complexity index is 1050. The quantitative estimate of drug-likeness (QED) is 0.387. The van der Waals surface area contributed by atoms with E-state index in [1.807, 2.05) is 19.2 Å². The second kappa shape index (κ2) is 8.56. The number of rotatable bonds is 7. The molecule has 138 valence electrons. The Morgan fingerprint density at radius 3 is 3.04 bits per heavy atom. The van der Waals surface area contributed by atoms with Gasteiger partial charge in [-0.1, -0.05) is 17.3 Å². The Kier molecular flexibility index (Phi) is 5.94. The number of aromatic nitrogens is 2. The second-order valence-corrected chi connectivity index (χ2v) is 6.37. The molecule has 0 radical (unpaired) electrons. The van der Waals surface area contributed by atoms with Gasteiger partial charge in [-0.15, -0.1) is 0 Å². The third-order valence-electron chi connectivity index (χ3n) is 3.90. The van der Waals surface area contributed by atoms with Crippen LogP contribution in [0.15, 0.2) is 70.2 Å². The zero-order valence-corrected chi connectivity index (χ0v) is 15.6. The van der Waals surface area contributed by atoms with E-state index in [0.29, 0.717) is 23.8 Å². The largest absolute Gasteiger partial charge is 0.388 e. The van der Waals surface area contributed by atoms with Crippen molar-refractivity contribution >= 4 is 28.5 Å². The topological polar surface area (TPSA) is 79.1 Å². The van der Waals surface area contributed by atoms with Crippen LogP contribution in [-0.4, -0.2) is 28.9 Å². The molecule has 0 unspecified atom stereocenters. The van der Waals surface area contributed by atoms with Gasteiger partial charge in [0.15, 0.2) is 5.83 Å². The highest BCUT2D eigenvalue weighted by molar-refractivity contribution is 6.31. The van der Waals surface area contributed by atoms with E-state index in [0.717, 1.165) is 34.4 Å². The number of aliphatic imine (C=N–C) groups is 1. The zero-order chi connectivity index (χ0) is 19.2. The molecule has 0 fully saturated rings. The van der Waals surface area contributed by atoms with Crippen molar-refractivity contribution in [3.8, 4) is 0 Å². The Hall–Kier alpha value is -3.04. The van der Waals surface area contributed by atoms with E-state index in [-0.39, 0.29) is 0 Å². The maximum Gasteiger partial charge on any atom is 0.173 e. The van der Waals surface area contributed by atoms with Crippen molar-refractivity contribution in [3.63, 3.8) is 0 Å². The van der Waals surface area contributed by atoms with Gasteiger partial charge in [0, 0.05) is 42.0 Å². The highest BCUT2D eigenvalue weighted by Gasteiger charge is 2.08. The number of amidine groups is 1. The fraction of sp³-hybridized carbons (Fsp3) is 0.200.